The van der Waals surface area contributed by atoms with E-state index in [1.54, 1.807) is 0 Å². The molecule has 1 aliphatic heterocycles. The Morgan fingerprint density at radius 1 is 0.882 bits per heavy atom. The third-order valence-corrected chi connectivity index (χ3v) is 6.20. The van der Waals surface area contributed by atoms with Gasteiger partial charge in [-0.1, -0.05) is 50.2 Å². The van der Waals surface area contributed by atoms with Crippen LogP contribution in [0.1, 0.15) is 48.9 Å². The van der Waals surface area contributed by atoms with E-state index in [2.05, 4.69) is 19.2 Å². The van der Waals surface area contributed by atoms with Gasteiger partial charge in [0.2, 0.25) is 0 Å². The third-order valence-electron chi connectivity index (χ3n) is 6.20. The highest BCUT2D eigenvalue weighted by Gasteiger charge is 2.41. The molecule has 4 rings (SSSR count). The molecule has 0 spiro atoms. The second kappa shape index (κ2) is 9.56. The number of nitrogens with one attached hydrogen (secondary N) is 1. The van der Waals surface area contributed by atoms with Gasteiger partial charge >= 0.3 is 0 Å². The quantitative estimate of drug-likeness (QED) is 0.431. The fraction of sp³-hybridized carbons (Fsp3) is 0.241. The predicted octanol–water partition coefficient (Wildman–Crippen LogP) is 6.22. The molecule has 3 aromatic rings. The topological polar surface area (TPSA) is 58.6 Å². The molecule has 5 nitrogen and oxygen atoms in total. The molecule has 1 aliphatic rings. The Morgan fingerprint density at radius 3 is 2.18 bits per heavy atom. The molecule has 0 aliphatic carbocycles. The summed E-state index contributed by atoms with van der Waals surface area (Å²) in [6.45, 7) is 10.6. The maximum atomic E-state index is 13.7. The molecule has 1 heterocycles. The Kier molecular flexibility index (Phi) is 6.55. The molecule has 34 heavy (non-hydrogen) atoms. The standard InChI is InChI=1S/C29H30N2O3/c1-6-34-24-16-12-22(13-17-24)26-27(30-23-14-10-21(11-15-23)18(2)3)29(33)31(28(26)32)25-9-7-8-19(4)20(25)5/h7-18,30H,6H2,1-5H3. The van der Waals surface area contributed by atoms with E-state index in [0.717, 1.165) is 16.8 Å². The van der Waals surface area contributed by atoms with Gasteiger partial charge in [-0.15, -0.1) is 0 Å². The van der Waals surface area contributed by atoms with Gasteiger partial charge in [-0.3, -0.25) is 9.59 Å². The van der Waals surface area contributed by atoms with Gasteiger partial charge in [-0.2, -0.15) is 0 Å². The Morgan fingerprint density at radius 2 is 1.56 bits per heavy atom. The fourth-order valence-corrected chi connectivity index (χ4v) is 4.09. The van der Waals surface area contributed by atoms with E-state index in [-0.39, 0.29) is 17.5 Å². The SMILES string of the molecule is CCOc1ccc(C2=C(Nc3ccc(C(C)C)cc3)C(=O)N(c3cccc(C)c3C)C2=O)cc1. The van der Waals surface area contributed by atoms with Gasteiger partial charge in [0, 0.05) is 5.69 Å². The summed E-state index contributed by atoms with van der Waals surface area (Å²) >= 11 is 0. The highest BCUT2D eigenvalue weighted by Crippen LogP contribution is 2.36. The van der Waals surface area contributed by atoms with Crippen LogP contribution < -0.4 is 15.0 Å². The second-order valence-corrected chi connectivity index (χ2v) is 8.77. The van der Waals surface area contributed by atoms with Gasteiger partial charge in [0.15, 0.2) is 0 Å². The van der Waals surface area contributed by atoms with Crippen LogP contribution in [0.25, 0.3) is 5.57 Å². The molecule has 0 radical (unpaired) electrons. The zero-order valence-electron chi connectivity index (χ0n) is 20.3. The predicted molar refractivity (Wildman–Crippen MR) is 137 cm³/mol. The van der Waals surface area contributed by atoms with E-state index in [1.807, 2.05) is 87.5 Å². The lowest BCUT2D eigenvalue weighted by atomic mass is 10.0. The van der Waals surface area contributed by atoms with Crippen LogP contribution in [0.2, 0.25) is 0 Å². The van der Waals surface area contributed by atoms with Crippen molar-refractivity contribution in [3.63, 3.8) is 0 Å². The summed E-state index contributed by atoms with van der Waals surface area (Å²) in [5, 5.41) is 3.25. The minimum atomic E-state index is -0.365. The number of hydrogen-bond donors (Lipinski definition) is 1. The van der Waals surface area contributed by atoms with Gasteiger partial charge in [0.1, 0.15) is 11.4 Å². The molecule has 1 N–H and O–H groups in total. The zero-order valence-corrected chi connectivity index (χ0v) is 20.3. The molecule has 2 amide bonds. The minimum Gasteiger partial charge on any atom is -0.494 e. The van der Waals surface area contributed by atoms with Crippen LogP contribution in [-0.4, -0.2) is 18.4 Å². The summed E-state index contributed by atoms with van der Waals surface area (Å²) in [6, 6.07) is 20.9. The average Bonchev–Trinajstić information content (AvgIpc) is 3.06. The van der Waals surface area contributed by atoms with Crippen LogP contribution in [0.15, 0.2) is 72.4 Å². The lowest BCUT2D eigenvalue weighted by molar-refractivity contribution is -0.120. The summed E-state index contributed by atoms with van der Waals surface area (Å²) in [4.78, 5) is 28.7. The summed E-state index contributed by atoms with van der Waals surface area (Å²) in [5.74, 6) is 0.413. The first kappa shape index (κ1) is 23.3. The van der Waals surface area contributed by atoms with Crippen molar-refractivity contribution < 1.29 is 14.3 Å². The number of amides is 2. The van der Waals surface area contributed by atoms with Gasteiger partial charge in [0.05, 0.1) is 17.9 Å². The summed E-state index contributed by atoms with van der Waals surface area (Å²) < 4.78 is 5.55. The molecule has 0 bridgehead atoms. The number of ether oxygens (including phenoxy) is 1. The largest absolute Gasteiger partial charge is 0.494 e. The highest BCUT2D eigenvalue weighted by atomic mass is 16.5. The molecule has 174 valence electrons. The minimum absolute atomic E-state index is 0.271. The smallest absolute Gasteiger partial charge is 0.282 e. The summed E-state index contributed by atoms with van der Waals surface area (Å²) in [5.41, 5.74) is 5.77. The maximum absolute atomic E-state index is 13.7. The number of aryl methyl sites for hydroxylation is 1. The number of carbonyl (C=O) groups is 2. The highest BCUT2D eigenvalue weighted by molar-refractivity contribution is 6.46. The molecular formula is C29H30N2O3. The Hall–Kier alpha value is -3.86. The number of carbonyl (C=O) groups excluding carboxylic acids is 2. The molecule has 3 aromatic carbocycles. The first-order valence-electron chi connectivity index (χ1n) is 11.6. The molecular weight excluding hydrogens is 424 g/mol. The normalized spacial score (nSPS) is 13.8. The number of nitrogens with zero attached hydrogens (tertiary/aromatic N) is 1. The van der Waals surface area contributed by atoms with Gasteiger partial charge in [-0.25, -0.2) is 4.90 Å². The second-order valence-electron chi connectivity index (χ2n) is 8.77. The molecule has 0 unspecified atom stereocenters. The molecule has 0 atom stereocenters. The van der Waals surface area contributed by atoms with E-state index in [9.17, 15) is 9.59 Å². The van der Waals surface area contributed by atoms with E-state index in [4.69, 9.17) is 4.74 Å². The van der Waals surface area contributed by atoms with Gasteiger partial charge in [-0.05, 0) is 79.3 Å². The lowest BCUT2D eigenvalue weighted by Crippen LogP contribution is -2.33. The molecule has 0 saturated heterocycles. The van der Waals surface area contributed by atoms with Crippen molar-refractivity contribution in [2.45, 2.75) is 40.5 Å². The average molecular weight is 455 g/mol. The number of imide groups is 1. The number of hydrogen-bond acceptors (Lipinski definition) is 4. The van der Waals surface area contributed by atoms with Crippen LogP contribution in [0.4, 0.5) is 11.4 Å². The van der Waals surface area contributed by atoms with Crippen molar-refractivity contribution in [1.29, 1.82) is 0 Å². The van der Waals surface area contributed by atoms with E-state index in [0.29, 0.717) is 35.1 Å². The van der Waals surface area contributed by atoms with Crippen molar-refractivity contribution >= 4 is 28.8 Å². The van der Waals surface area contributed by atoms with Crippen molar-refractivity contribution in [2.24, 2.45) is 0 Å². The van der Waals surface area contributed by atoms with Crippen LogP contribution >= 0.6 is 0 Å². The molecule has 5 heteroatoms. The van der Waals surface area contributed by atoms with Gasteiger partial charge < -0.3 is 10.1 Å². The van der Waals surface area contributed by atoms with Crippen LogP contribution in [-0.2, 0) is 9.59 Å². The number of anilines is 2. The molecule has 0 aromatic heterocycles. The van der Waals surface area contributed by atoms with Crippen molar-refractivity contribution in [3.05, 3.63) is 94.7 Å². The molecule has 0 saturated carbocycles. The third kappa shape index (κ3) is 4.34. The van der Waals surface area contributed by atoms with Crippen molar-refractivity contribution in [1.82, 2.24) is 0 Å². The van der Waals surface area contributed by atoms with E-state index < -0.39 is 0 Å². The number of rotatable bonds is 7. The van der Waals surface area contributed by atoms with E-state index >= 15 is 0 Å². The summed E-state index contributed by atoms with van der Waals surface area (Å²) in [6.07, 6.45) is 0. The van der Waals surface area contributed by atoms with Crippen molar-refractivity contribution in [2.75, 3.05) is 16.8 Å². The fourth-order valence-electron chi connectivity index (χ4n) is 4.09. The van der Waals surface area contributed by atoms with Crippen LogP contribution in [0.5, 0.6) is 5.75 Å². The number of benzene rings is 3. The van der Waals surface area contributed by atoms with Crippen LogP contribution in [0.3, 0.4) is 0 Å². The van der Waals surface area contributed by atoms with Crippen molar-refractivity contribution in [3.8, 4) is 5.75 Å². The monoisotopic (exact) mass is 454 g/mol. The first-order chi connectivity index (χ1) is 16.3. The van der Waals surface area contributed by atoms with Gasteiger partial charge in [0.25, 0.3) is 11.8 Å². The lowest BCUT2D eigenvalue weighted by Gasteiger charge is -2.19. The van der Waals surface area contributed by atoms with E-state index in [1.165, 1.54) is 10.5 Å². The maximum Gasteiger partial charge on any atom is 0.282 e. The first-order valence-corrected chi connectivity index (χ1v) is 11.6. The zero-order chi connectivity index (χ0) is 24.4. The molecule has 0 fully saturated rings. The Bertz CT molecular complexity index is 1260. The summed E-state index contributed by atoms with van der Waals surface area (Å²) in [7, 11) is 0. The van der Waals surface area contributed by atoms with Crippen LogP contribution in [0, 0.1) is 13.8 Å². The Labute approximate surface area is 201 Å². The Balaban J connectivity index is 1.79.